The highest BCUT2D eigenvalue weighted by Crippen LogP contribution is 2.29. The van der Waals surface area contributed by atoms with Crippen LogP contribution in [0.15, 0.2) is 51.4 Å². The molecule has 2 aromatic carbocycles. The third-order valence-corrected chi connectivity index (χ3v) is 5.37. The van der Waals surface area contributed by atoms with Gasteiger partial charge in [-0.15, -0.1) is 0 Å². The van der Waals surface area contributed by atoms with Gasteiger partial charge in [-0.3, -0.25) is 0 Å². The Morgan fingerprint density at radius 2 is 1.92 bits per heavy atom. The third-order valence-electron chi connectivity index (χ3n) is 4.45. The van der Waals surface area contributed by atoms with E-state index in [2.05, 4.69) is 72.8 Å². The quantitative estimate of drug-likeness (QED) is 0.681. The minimum absolute atomic E-state index is 0.308. The van der Waals surface area contributed by atoms with E-state index in [0.29, 0.717) is 12.1 Å². The average molecular weight is 454 g/mol. The zero-order valence-corrected chi connectivity index (χ0v) is 16.9. The van der Waals surface area contributed by atoms with Gasteiger partial charge in [-0.05, 0) is 49.2 Å². The van der Waals surface area contributed by atoms with Crippen molar-refractivity contribution in [1.82, 2.24) is 10.6 Å². The molecule has 1 fully saturated rings. The SMILES string of the molecule is COc1ccccc1CN[C@H]1CCCN[C@H]1c1cc(Br)cc(Br)c1. The molecule has 0 bridgehead atoms. The van der Waals surface area contributed by atoms with Gasteiger partial charge < -0.3 is 15.4 Å². The van der Waals surface area contributed by atoms with Crippen LogP contribution in [-0.4, -0.2) is 19.7 Å². The maximum Gasteiger partial charge on any atom is 0.123 e. The second-order valence-corrected chi connectivity index (χ2v) is 7.91. The van der Waals surface area contributed by atoms with Crippen LogP contribution < -0.4 is 15.4 Å². The number of hydrogen-bond acceptors (Lipinski definition) is 3. The highest BCUT2D eigenvalue weighted by molar-refractivity contribution is 9.11. The molecule has 1 aliphatic rings. The van der Waals surface area contributed by atoms with Gasteiger partial charge in [0.1, 0.15) is 5.75 Å². The largest absolute Gasteiger partial charge is 0.496 e. The first-order valence-corrected chi connectivity index (χ1v) is 9.80. The van der Waals surface area contributed by atoms with E-state index in [1.165, 1.54) is 17.5 Å². The Morgan fingerprint density at radius 1 is 1.17 bits per heavy atom. The summed E-state index contributed by atoms with van der Waals surface area (Å²) in [5.41, 5.74) is 2.49. The van der Waals surface area contributed by atoms with Crippen LogP contribution in [0.5, 0.6) is 5.75 Å². The minimum Gasteiger partial charge on any atom is -0.496 e. The molecule has 0 saturated carbocycles. The Bertz CT molecular complexity index is 673. The smallest absolute Gasteiger partial charge is 0.123 e. The Labute approximate surface area is 160 Å². The second kappa shape index (κ2) is 8.48. The molecule has 1 aliphatic heterocycles. The van der Waals surface area contributed by atoms with Crippen LogP contribution in [0.25, 0.3) is 0 Å². The predicted molar refractivity (Wildman–Crippen MR) is 105 cm³/mol. The lowest BCUT2D eigenvalue weighted by molar-refractivity contribution is 0.302. The number of benzene rings is 2. The van der Waals surface area contributed by atoms with Gasteiger partial charge in [-0.25, -0.2) is 0 Å². The molecular weight excluding hydrogens is 432 g/mol. The fourth-order valence-electron chi connectivity index (χ4n) is 3.30. The van der Waals surface area contributed by atoms with Crippen molar-refractivity contribution in [3.05, 3.63) is 62.5 Å². The maximum atomic E-state index is 5.46. The van der Waals surface area contributed by atoms with Crippen LogP contribution in [0.3, 0.4) is 0 Å². The first kappa shape index (κ1) is 17.9. The number of halogens is 2. The van der Waals surface area contributed by atoms with E-state index in [1.54, 1.807) is 7.11 Å². The zero-order valence-electron chi connectivity index (χ0n) is 13.7. The predicted octanol–water partition coefficient (Wildman–Crippen LogP) is 4.80. The van der Waals surface area contributed by atoms with E-state index in [4.69, 9.17) is 4.74 Å². The summed E-state index contributed by atoms with van der Waals surface area (Å²) in [6.45, 7) is 1.86. The van der Waals surface area contributed by atoms with Gasteiger partial charge in [0.05, 0.1) is 7.11 Å². The fraction of sp³-hybridized carbons (Fsp3) is 0.368. The second-order valence-electron chi connectivity index (χ2n) is 6.08. The van der Waals surface area contributed by atoms with E-state index in [-0.39, 0.29) is 0 Å². The monoisotopic (exact) mass is 452 g/mol. The van der Waals surface area contributed by atoms with E-state index in [0.717, 1.165) is 34.2 Å². The van der Waals surface area contributed by atoms with Crippen LogP contribution in [0, 0.1) is 0 Å². The molecular formula is C19H22Br2N2O. The van der Waals surface area contributed by atoms with Crippen molar-refractivity contribution >= 4 is 31.9 Å². The number of ether oxygens (including phenoxy) is 1. The summed E-state index contributed by atoms with van der Waals surface area (Å²) in [7, 11) is 1.73. The van der Waals surface area contributed by atoms with Crippen molar-refractivity contribution < 1.29 is 4.74 Å². The van der Waals surface area contributed by atoms with E-state index >= 15 is 0 Å². The van der Waals surface area contributed by atoms with Gasteiger partial charge in [-0.1, -0.05) is 50.1 Å². The molecule has 0 amide bonds. The van der Waals surface area contributed by atoms with E-state index in [9.17, 15) is 0 Å². The van der Waals surface area contributed by atoms with Crippen molar-refractivity contribution in [2.45, 2.75) is 31.5 Å². The number of para-hydroxylation sites is 1. The molecule has 24 heavy (non-hydrogen) atoms. The molecule has 1 saturated heterocycles. The topological polar surface area (TPSA) is 33.3 Å². The van der Waals surface area contributed by atoms with Gasteiger partial charge in [0.15, 0.2) is 0 Å². The fourth-order valence-corrected chi connectivity index (χ4v) is 4.63. The van der Waals surface area contributed by atoms with Crippen molar-refractivity contribution in [3.8, 4) is 5.75 Å². The summed E-state index contributed by atoms with van der Waals surface area (Å²) in [5, 5.41) is 7.40. The van der Waals surface area contributed by atoms with Crippen molar-refractivity contribution in [1.29, 1.82) is 0 Å². The van der Waals surface area contributed by atoms with Gasteiger partial charge in [0.2, 0.25) is 0 Å². The summed E-state index contributed by atoms with van der Waals surface area (Å²) in [6.07, 6.45) is 2.35. The van der Waals surface area contributed by atoms with Crippen molar-refractivity contribution in [3.63, 3.8) is 0 Å². The summed E-state index contributed by atoms with van der Waals surface area (Å²) in [4.78, 5) is 0. The van der Waals surface area contributed by atoms with Crippen LogP contribution in [-0.2, 0) is 6.54 Å². The Morgan fingerprint density at radius 3 is 2.67 bits per heavy atom. The average Bonchev–Trinajstić information content (AvgIpc) is 2.59. The number of piperidine rings is 1. The molecule has 2 atom stereocenters. The van der Waals surface area contributed by atoms with Gasteiger partial charge in [0, 0.05) is 33.1 Å². The summed E-state index contributed by atoms with van der Waals surface area (Å²) in [6, 6.07) is 15.4. The third kappa shape index (κ3) is 4.39. The normalized spacial score (nSPS) is 20.8. The summed E-state index contributed by atoms with van der Waals surface area (Å²) in [5.74, 6) is 0.940. The number of nitrogens with one attached hydrogen (secondary N) is 2. The molecule has 2 N–H and O–H groups in total. The highest BCUT2D eigenvalue weighted by atomic mass is 79.9. The van der Waals surface area contributed by atoms with E-state index in [1.807, 2.05) is 12.1 Å². The zero-order chi connectivity index (χ0) is 16.9. The van der Waals surface area contributed by atoms with Gasteiger partial charge in [-0.2, -0.15) is 0 Å². The van der Waals surface area contributed by atoms with Gasteiger partial charge in [0.25, 0.3) is 0 Å². The molecule has 0 radical (unpaired) electrons. The number of rotatable bonds is 5. The molecule has 0 spiro atoms. The Kier molecular flexibility index (Phi) is 6.33. The number of methoxy groups -OCH3 is 1. The van der Waals surface area contributed by atoms with Crippen LogP contribution in [0.1, 0.15) is 30.0 Å². The molecule has 0 unspecified atom stereocenters. The standard InChI is InChI=1S/C19H22Br2N2O/c1-24-18-7-3-2-5-13(18)12-23-17-6-4-8-22-19(17)14-9-15(20)11-16(21)10-14/h2-3,5,7,9-11,17,19,22-23H,4,6,8,12H2,1H3/t17-,19-/m0/s1. The van der Waals surface area contributed by atoms with Gasteiger partial charge >= 0.3 is 0 Å². The number of hydrogen-bond donors (Lipinski definition) is 2. The lowest BCUT2D eigenvalue weighted by atomic mass is 9.92. The summed E-state index contributed by atoms with van der Waals surface area (Å²) < 4.78 is 7.66. The first-order chi connectivity index (χ1) is 11.7. The lowest BCUT2D eigenvalue weighted by Gasteiger charge is -2.34. The maximum absolute atomic E-state index is 5.46. The van der Waals surface area contributed by atoms with E-state index < -0.39 is 0 Å². The summed E-state index contributed by atoms with van der Waals surface area (Å²) >= 11 is 7.20. The molecule has 2 aromatic rings. The minimum atomic E-state index is 0.308. The molecule has 1 heterocycles. The van der Waals surface area contributed by atoms with Crippen LogP contribution >= 0.6 is 31.9 Å². The Balaban J connectivity index is 1.75. The lowest BCUT2D eigenvalue weighted by Crippen LogP contribution is -2.45. The molecule has 5 heteroatoms. The van der Waals surface area contributed by atoms with Crippen molar-refractivity contribution in [2.75, 3.05) is 13.7 Å². The van der Waals surface area contributed by atoms with Crippen molar-refractivity contribution in [2.24, 2.45) is 0 Å². The molecule has 3 nitrogen and oxygen atoms in total. The molecule has 128 valence electrons. The Hall–Kier alpha value is -0.880. The van der Waals surface area contributed by atoms with Crippen LogP contribution in [0.2, 0.25) is 0 Å². The van der Waals surface area contributed by atoms with Crippen LogP contribution in [0.4, 0.5) is 0 Å². The highest BCUT2D eigenvalue weighted by Gasteiger charge is 2.26. The molecule has 0 aromatic heterocycles. The molecule has 0 aliphatic carbocycles. The molecule has 3 rings (SSSR count). The first-order valence-electron chi connectivity index (χ1n) is 8.22.